The van der Waals surface area contributed by atoms with Gasteiger partial charge in [0.15, 0.2) is 0 Å². The number of benzene rings is 2. The summed E-state index contributed by atoms with van der Waals surface area (Å²) in [4.78, 5) is 23.0. The second-order valence-corrected chi connectivity index (χ2v) is 4.24. The van der Waals surface area contributed by atoms with Crippen LogP contribution in [0.15, 0.2) is 42.5 Å². The van der Waals surface area contributed by atoms with Crippen LogP contribution in [0, 0.1) is 11.6 Å². The molecule has 0 bridgehead atoms. The predicted molar refractivity (Wildman–Crippen MR) is 76.8 cm³/mol. The number of para-hydroxylation sites is 1. The van der Waals surface area contributed by atoms with E-state index in [1.807, 2.05) is 0 Å². The maximum Gasteiger partial charge on any atom is 0.337 e. The molecule has 22 heavy (non-hydrogen) atoms. The highest BCUT2D eigenvalue weighted by Gasteiger charge is 2.12. The van der Waals surface area contributed by atoms with Crippen LogP contribution in [-0.2, 0) is 4.74 Å². The summed E-state index contributed by atoms with van der Waals surface area (Å²) >= 11 is 0. The number of carbonyl (C=O) groups is 2. The minimum atomic E-state index is -0.879. The predicted octanol–water partition coefficient (Wildman–Crippen LogP) is 3.40. The van der Waals surface area contributed by atoms with Crippen LogP contribution in [0.2, 0.25) is 0 Å². The standard InChI is InChI=1S/C15H12F2N2O3/c1-22-14(20)9-5-7-10(8-6-9)18-15(21)19-13-11(16)3-2-4-12(13)17/h2-8H,1H3,(H2,18,19,21). The van der Waals surface area contributed by atoms with E-state index in [1.54, 1.807) is 0 Å². The smallest absolute Gasteiger partial charge is 0.337 e. The third kappa shape index (κ3) is 3.57. The summed E-state index contributed by atoms with van der Waals surface area (Å²) in [6, 6.07) is 8.27. The van der Waals surface area contributed by atoms with Gasteiger partial charge in [0, 0.05) is 5.69 Å². The topological polar surface area (TPSA) is 67.4 Å². The quantitative estimate of drug-likeness (QED) is 0.854. The van der Waals surface area contributed by atoms with E-state index in [9.17, 15) is 18.4 Å². The van der Waals surface area contributed by atoms with Crippen LogP contribution >= 0.6 is 0 Å². The molecule has 2 N–H and O–H groups in total. The normalized spacial score (nSPS) is 9.95. The molecular formula is C15H12F2N2O3. The van der Waals surface area contributed by atoms with Crippen LogP contribution in [0.25, 0.3) is 0 Å². The lowest BCUT2D eigenvalue weighted by atomic mass is 10.2. The summed E-state index contributed by atoms with van der Waals surface area (Å²) < 4.78 is 31.3. The molecule has 7 heteroatoms. The number of carbonyl (C=O) groups excluding carboxylic acids is 2. The average Bonchev–Trinajstić information content (AvgIpc) is 2.51. The monoisotopic (exact) mass is 306 g/mol. The van der Waals surface area contributed by atoms with Crippen LogP contribution in [0.5, 0.6) is 0 Å². The first kappa shape index (κ1) is 15.4. The van der Waals surface area contributed by atoms with Crippen LogP contribution in [0.4, 0.5) is 25.0 Å². The van der Waals surface area contributed by atoms with E-state index in [2.05, 4.69) is 15.4 Å². The summed E-state index contributed by atoms with van der Waals surface area (Å²) in [5, 5.41) is 4.48. The SMILES string of the molecule is COC(=O)c1ccc(NC(=O)Nc2c(F)cccc2F)cc1. The Balaban J connectivity index is 2.05. The minimum Gasteiger partial charge on any atom is -0.465 e. The number of esters is 1. The molecule has 2 aromatic carbocycles. The average molecular weight is 306 g/mol. The number of methoxy groups -OCH3 is 1. The van der Waals surface area contributed by atoms with Gasteiger partial charge in [0.05, 0.1) is 12.7 Å². The fourth-order valence-electron chi connectivity index (χ4n) is 1.70. The lowest BCUT2D eigenvalue weighted by Crippen LogP contribution is -2.21. The van der Waals surface area contributed by atoms with Gasteiger partial charge in [-0.15, -0.1) is 0 Å². The van der Waals surface area contributed by atoms with Crippen molar-refractivity contribution >= 4 is 23.4 Å². The number of urea groups is 1. The first-order chi connectivity index (χ1) is 10.5. The van der Waals surface area contributed by atoms with Crippen molar-refractivity contribution in [3.8, 4) is 0 Å². The number of halogens is 2. The van der Waals surface area contributed by atoms with E-state index >= 15 is 0 Å². The number of anilines is 2. The number of hydrogen-bond donors (Lipinski definition) is 2. The molecule has 0 heterocycles. The number of amides is 2. The Morgan fingerprint density at radius 1 is 0.955 bits per heavy atom. The van der Waals surface area contributed by atoms with E-state index in [-0.39, 0.29) is 0 Å². The Bertz CT molecular complexity index is 682. The zero-order valence-electron chi connectivity index (χ0n) is 11.5. The minimum absolute atomic E-state index is 0.314. The molecule has 0 aromatic heterocycles. The van der Waals surface area contributed by atoms with Gasteiger partial charge in [-0.05, 0) is 36.4 Å². The van der Waals surface area contributed by atoms with Crippen LogP contribution in [0.1, 0.15) is 10.4 Å². The van der Waals surface area contributed by atoms with Gasteiger partial charge in [-0.2, -0.15) is 0 Å². The van der Waals surface area contributed by atoms with Gasteiger partial charge >= 0.3 is 12.0 Å². The van der Waals surface area contributed by atoms with E-state index in [1.165, 1.54) is 37.4 Å². The van der Waals surface area contributed by atoms with E-state index in [0.717, 1.165) is 12.1 Å². The summed E-state index contributed by atoms with van der Waals surface area (Å²) in [6.45, 7) is 0. The van der Waals surface area contributed by atoms with Crippen LogP contribution in [-0.4, -0.2) is 19.1 Å². The summed E-state index contributed by atoms with van der Waals surface area (Å²) in [7, 11) is 1.25. The third-order valence-corrected chi connectivity index (χ3v) is 2.77. The lowest BCUT2D eigenvalue weighted by Gasteiger charge is -2.09. The Labute approximate surface area is 124 Å². The zero-order chi connectivity index (χ0) is 16.1. The molecule has 5 nitrogen and oxygen atoms in total. The van der Waals surface area contributed by atoms with Gasteiger partial charge in [-0.3, -0.25) is 0 Å². The molecule has 0 radical (unpaired) electrons. The van der Waals surface area contributed by atoms with Crippen molar-refractivity contribution in [1.29, 1.82) is 0 Å². The highest BCUT2D eigenvalue weighted by molar-refractivity contribution is 6.00. The summed E-state index contributed by atoms with van der Waals surface area (Å²) in [6.07, 6.45) is 0. The van der Waals surface area contributed by atoms with Gasteiger partial charge in [0.1, 0.15) is 17.3 Å². The molecule has 0 aliphatic rings. The van der Waals surface area contributed by atoms with Crippen molar-refractivity contribution < 1.29 is 23.1 Å². The fourth-order valence-corrected chi connectivity index (χ4v) is 1.70. The van der Waals surface area contributed by atoms with Crippen LogP contribution < -0.4 is 10.6 Å². The molecule has 2 aromatic rings. The fraction of sp³-hybridized carbons (Fsp3) is 0.0667. The first-order valence-corrected chi connectivity index (χ1v) is 6.21. The van der Waals surface area contributed by atoms with Gasteiger partial charge in [-0.1, -0.05) is 6.07 Å². The van der Waals surface area contributed by atoms with Crippen molar-refractivity contribution in [1.82, 2.24) is 0 Å². The highest BCUT2D eigenvalue weighted by Crippen LogP contribution is 2.18. The molecule has 114 valence electrons. The molecule has 0 unspecified atom stereocenters. The molecular weight excluding hydrogens is 294 g/mol. The molecule has 0 spiro atoms. The molecule has 0 fully saturated rings. The molecule has 2 amide bonds. The van der Waals surface area contributed by atoms with Gasteiger partial charge in [-0.25, -0.2) is 18.4 Å². The molecule has 0 saturated carbocycles. The van der Waals surface area contributed by atoms with Crippen molar-refractivity contribution in [2.24, 2.45) is 0 Å². The highest BCUT2D eigenvalue weighted by atomic mass is 19.1. The maximum absolute atomic E-state index is 13.4. The molecule has 0 aliphatic heterocycles. The second kappa shape index (κ2) is 6.66. The summed E-state index contributed by atoms with van der Waals surface area (Å²) in [5.41, 5.74) is 0.127. The molecule has 0 saturated heterocycles. The Hall–Kier alpha value is -2.96. The van der Waals surface area contributed by atoms with Crippen molar-refractivity contribution in [2.75, 3.05) is 17.7 Å². The summed E-state index contributed by atoms with van der Waals surface area (Å²) in [5.74, 6) is -2.27. The van der Waals surface area contributed by atoms with Gasteiger partial charge < -0.3 is 15.4 Å². The van der Waals surface area contributed by atoms with Crippen molar-refractivity contribution in [3.05, 3.63) is 59.7 Å². The van der Waals surface area contributed by atoms with Crippen molar-refractivity contribution in [3.63, 3.8) is 0 Å². The van der Waals surface area contributed by atoms with Gasteiger partial charge in [0.25, 0.3) is 0 Å². The van der Waals surface area contributed by atoms with Crippen molar-refractivity contribution in [2.45, 2.75) is 0 Å². The molecule has 0 aliphatic carbocycles. The largest absolute Gasteiger partial charge is 0.465 e. The lowest BCUT2D eigenvalue weighted by molar-refractivity contribution is 0.0600. The van der Waals surface area contributed by atoms with E-state index < -0.39 is 29.3 Å². The third-order valence-electron chi connectivity index (χ3n) is 2.77. The maximum atomic E-state index is 13.4. The second-order valence-electron chi connectivity index (χ2n) is 4.24. The van der Waals surface area contributed by atoms with E-state index in [4.69, 9.17) is 0 Å². The van der Waals surface area contributed by atoms with Gasteiger partial charge in [0.2, 0.25) is 0 Å². The number of rotatable bonds is 3. The van der Waals surface area contributed by atoms with Crippen LogP contribution in [0.3, 0.4) is 0 Å². The number of ether oxygens (including phenoxy) is 1. The first-order valence-electron chi connectivity index (χ1n) is 6.21. The zero-order valence-corrected chi connectivity index (χ0v) is 11.5. The van der Waals surface area contributed by atoms with E-state index in [0.29, 0.717) is 11.3 Å². The Morgan fingerprint density at radius 3 is 2.09 bits per heavy atom. The molecule has 0 atom stereocenters. The Morgan fingerprint density at radius 2 is 1.55 bits per heavy atom. The molecule has 2 rings (SSSR count). The Kier molecular flexibility index (Phi) is 4.67. The number of hydrogen-bond acceptors (Lipinski definition) is 3. The number of nitrogens with one attached hydrogen (secondary N) is 2.